The van der Waals surface area contributed by atoms with Crippen LogP contribution in [0.3, 0.4) is 0 Å². The van der Waals surface area contributed by atoms with Crippen LogP contribution in [0, 0.1) is 11.8 Å². The molecule has 9 heteroatoms. The zero-order valence-corrected chi connectivity index (χ0v) is 17.0. The topological polar surface area (TPSA) is 58.6 Å². The van der Waals surface area contributed by atoms with Crippen molar-refractivity contribution in [3.8, 4) is 5.75 Å². The minimum Gasteiger partial charge on any atom is -0.406 e. The average Bonchev–Trinajstić information content (AvgIpc) is 3.23. The van der Waals surface area contributed by atoms with Gasteiger partial charge >= 0.3 is 6.36 Å². The first kappa shape index (κ1) is 21.1. The molecule has 3 unspecified atom stereocenters. The maximum atomic E-state index is 12.8. The van der Waals surface area contributed by atoms with Crippen molar-refractivity contribution in [2.75, 3.05) is 13.1 Å². The molecule has 0 spiro atoms. The molecule has 2 aromatic rings. The molecule has 4 rings (SSSR count). The average molecular weight is 440 g/mol. The molecule has 1 saturated heterocycles. The van der Waals surface area contributed by atoms with Crippen LogP contribution in [0.5, 0.6) is 5.75 Å². The van der Waals surface area contributed by atoms with Gasteiger partial charge in [-0.25, -0.2) is 13.1 Å². The molecule has 2 aliphatic rings. The summed E-state index contributed by atoms with van der Waals surface area (Å²) in [6, 6.07) is 14.3. The van der Waals surface area contributed by atoms with Gasteiger partial charge in [-0.2, -0.15) is 0 Å². The minimum atomic E-state index is -4.81. The summed E-state index contributed by atoms with van der Waals surface area (Å²) in [5.74, 6) is 0.232. The number of sulfonamides is 1. The van der Waals surface area contributed by atoms with Crippen molar-refractivity contribution in [1.82, 2.24) is 9.62 Å². The first-order chi connectivity index (χ1) is 14.2. The van der Waals surface area contributed by atoms with Gasteiger partial charge in [-0.15, -0.1) is 13.2 Å². The van der Waals surface area contributed by atoms with Crippen LogP contribution in [0.1, 0.15) is 18.4 Å². The highest BCUT2D eigenvalue weighted by Gasteiger charge is 2.44. The van der Waals surface area contributed by atoms with Crippen molar-refractivity contribution in [3.63, 3.8) is 0 Å². The largest absolute Gasteiger partial charge is 0.573 e. The van der Waals surface area contributed by atoms with E-state index in [4.69, 9.17) is 0 Å². The Morgan fingerprint density at radius 1 is 1.00 bits per heavy atom. The lowest BCUT2D eigenvalue weighted by atomic mass is 9.98. The summed E-state index contributed by atoms with van der Waals surface area (Å²) in [6.07, 6.45) is -3.09. The lowest BCUT2D eigenvalue weighted by Gasteiger charge is -2.22. The number of benzene rings is 2. The van der Waals surface area contributed by atoms with Crippen LogP contribution in [0.4, 0.5) is 13.2 Å². The second-order valence-corrected chi connectivity index (χ2v) is 9.64. The van der Waals surface area contributed by atoms with Crippen molar-refractivity contribution >= 4 is 10.0 Å². The fraction of sp³-hybridized carbons (Fsp3) is 0.429. The molecule has 2 aromatic carbocycles. The van der Waals surface area contributed by atoms with Gasteiger partial charge < -0.3 is 4.74 Å². The van der Waals surface area contributed by atoms with Crippen LogP contribution >= 0.6 is 0 Å². The van der Waals surface area contributed by atoms with Crippen molar-refractivity contribution in [1.29, 1.82) is 0 Å². The van der Waals surface area contributed by atoms with Gasteiger partial charge in [0.2, 0.25) is 10.0 Å². The number of alkyl halides is 3. The third-order valence-electron chi connectivity index (χ3n) is 5.86. The zero-order valence-electron chi connectivity index (χ0n) is 16.2. The molecular weight excluding hydrogens is 417 g/mol. The first-order valence-electron chi connectivity index (χ1n) is 9.84. The van der Waals surface area contributed by atoms with E-state index in [1.54, 1.807) is 0 Å². The fourth-order valence-corrected chi connectivity index (χ4v) is 5.88. The molecular formula is C21H23F3N2O3S. The molecule has 1 N–H and O–H groups in total. The second kappa shape index (κ2) is 8.20. The highest BCUT2D eigenvalue weighted by Crippen LogP contribution is 2.39. The van der Waals surface area contributed by atoms with Crippen molar-refractivity contribution in [2.24, 2.45) is 11.8 Å². The maximum absolute atomic E-state index is 12.8. The van der Waals surface area contributed by atoms with Crippen LogP contribution in [0.25, 0.3) is 0 Å². The van der Waals surface area contributed by atoms with Crippen LogP contribution in [0.2, 0.25) is 0 Å². The number of hydrogen-bond acceptors (Lipinski definition) is 4. The van der Waals surface area contributed by atoms with E-state index >= 15 is 0 Å². The Bertz CT molecular complexity index is 965. The van der Waals surface area contributed by atoms with Gasteiger partial charge in [0, 0.05) is 25.7 Å². The van der Waals surface area contributed by atoms with Crippen molar-refractivity contribution in [3.05, 3.63) is 60.2 Å². The molecule has 1 saturated carbocycles. The lowest BCUT2D eigenvalue weighted by molar-refractivity contribution is -0.274. The Kier molecular flexibility index (Phi) is 5.78. The van der Waals surface area contributed by atoms with E-state index in [9.17, 15) is 21.6 Å². The van der Waals surface area contributed by atoms with Crippen molar-refractivity contribution in [2.45, 2.75) is 36.7 Å². The standard InChI is InChI=1S/C21H23F3N2O3S/c22-21(23,24)29-17-7-9-18(10-8-17)30(27,28)25-20-11-6-16-13-26(14-19(16)20)12-15-4-2-1-3-5-15/h1-5,7-10,16,19-20,25H,6,11-14H2. The zero-order chi connectivity index (χ0) is 21.4. The van der Waals surface area contributed by atoms with Gasteiger partial charge in [0.15, 0.2) is 0 Å². The normalized spacial score (nSPS) is 24.7. The summed E-state index contributed by atoms with van der Waals surface area (Å²) in [7, 11) is -3.82. The maximum Gasteiger partial charge on any atom is 0.573 e. The van der Waals surface area contributed by atoms with E-state index in [1.165, 1.54) is 5.56 Å². The minimum absolute atomic E-state index is 0.0698. The predicted octanol–water partition coefficient (Wildman–Crippen LogP) is 3.77. The molecule has 1 aliphatic heterocycles. The van der Waals surface area contributed by atoms with Gasteiger partial charge in [0.05, 0.1) is 4.90 Å². The third kappa shape index (κ3) is 4.96. The van der Waals surface area contributed by atoms with E-state index in [-0.39, 0.29) is 16.9 Å². The van der Waals surface area contributed by atoms with Crippen LogP contribution < -0.4 is 9.46 Å². The monoisotopic (exact) mass is 440 g/mol. The van der Waals surface area contributed by atoms with Gasteiger partial charge in [0.25, 0.3) is 0 Å². The number of rotatable bonds is 6. The third-order valence-corrected chi connectivity index (χ3v) is 7.36. The number of fused-ring (bicyclic) bond motifs is 1. The lowest BCUT2D eigenvalue weighted by Crippen LogP contribution is -2.39. The molecule has 162 valence electrons. The Labute approximate surface area is 173 Å². The molecule has 5 nitrogen and oxygen atoms in total. The summed E-state index contributed by atoms with van der Waals surface area (Å²) >= 11 is 0. The quantitative estimate of drug-likeness (QED) is 0.743. The van der Waals surface area contributed by atoms with Gasteiger partial charge in [-0.05, 0) is 54.5 Å². The van der Waals surface area contributed by atoms with Gasteiger partial charge in [0.1, 0.15) is 5.75 Å². The summed E-state index contributed by atoms with van der Waals surface area (Å²) in [4.78, 5) is 2.29. The Balaban J connectivity index is 1.39. The molecule has 3 atom stereocenters. The summed E-state index contributed by atoms with van der Waals surface area (Å²) in [6.45, 7) is 2.61. The van der Waals surface area contributed by atoms with Crippen molar-refractivity contribution < 1.29 is 26.3 Å². The number of nitrogens with one attached hydrogen (secondary N) is 1. The first-order valence-corrected chi connectivity index (χ1v) is 11.3. The van der Waals surface area contributed by atoms with E-state index < -0.39 is 22.1 Å². The number of likely N-dealkylation sites (tertiary alicyclic amines) is 1. The number of ether oxygens (including phenoxy) is 1. The molecule has 0 aromatic heterocycles. The molecule has 1 heterocycles. The molecule has 1 aliphatic carbocycles. The van der Waals surface area contributed by atoms with Gasteiger partial charge in [-0.3, -0.25) is 4.90 Å². The Hall–Kier alpha value is -2.10. The van der Waals surface area contributed by atoms with Gasteiger partial charge in [-0.1, -0.05) is 30.3 Å². The molecule has 0 bridgehead atoms. The second-order valence-electron chi connectivity index (χ2n) is 7.93. The molecule has 0 amide bonds. The highest BCUT2D eigenvalue weighted by molar-refractivity contribution is 7.89. The summed E-state index contributed by atoms with van der Waals surface area (Å²) in [5.41, 5.74) is 1.23. The van der Waals surface area contributed by atoms with Crippen LogP contribution in [-0.2, 0) is 16.6 Å². The van der Waals surface area contributed by atoms with E-state index in [1.807, 2.05) is 18.2 Å². The number of hydrogen-bond donors (Lipinski definition) is 1. The summed E-state index contributed by atoms with van der Waals surface area (Å²) < 4.78 is 68.9. The number of halogens is 3. The molecule has 30 heavy (non-hydrogen) atoms. The van der Waals surface area contributed by atoms with Crippen LogP contribution in [0.15, 0.2) is 59.5 Å². The summed E-state index contributed by atoms with van der Waals surface area (Å²) in [5, 5.41) is 0. The van der Waals surface area contributed by atoms with E-state index in [0.29, 0.717) is 5.92 Å². The molecule has 0 radical (unpaired) electrons. The Morgan fingerprint density at radius 2 is 1.70 bits per heavy atom. The predicted molar refractivity (Wildman–Crippen MR) is 105 cm³/mol. The Morgan fingerprint density at radius 3 is 2.37 bits per heavy atom. The number of nitrogens with zero attached hydrogens (tertiary/aromatic N) is 1. The molecule has 2 fully saturated rings. The smallest absolute Gasteiger partial charge is 0.406 e. The van der Waals surface area contributed by atoms with E-state index in [2.05, 4.69) is 26.5 Å². The fourth-order valence-electron chi connectivity index (χ4n) is 4.56. The highest BCUT2D eigenvalue weighted by atomic mass is 32.2. The SMILES string of the molecule is O=S(=O)(NC1CCC2CN(Cc3ccccc3)CC21)c1ccc(OC(F)(F)F)cc1. The van der Waals surface area contributed by atoms with E-state index in [0.717, 1.165) is 56.7 Å². The van der Waals surface area contributed by atoms with Crippen LogP contribution in [-0.4, -0.2) is 38.8 Å².